The average molecular weight is 648 g/mol. The van der Waals surface area contributed by atoms with Gasteiger partial charge in [-0.15, -0.1) is 35.1 Å². The molecule has 0 fully saturated rings. The molecule has 2 aromatic heterocycles. The molecule has 0 bridgehead atoms. The highest BCUT2D eigenvalue weighted by Gasteiger charge is 2.23. The summed E-state index contributed by atoms with van der Waals surface area (Å²) in [4.78, 5) is 27.1. The summed E-state index contributed by atoms with van der Waals surface area (Å²) in [5.41, 5.74) is 3.59. The van der Waals surface area contributed by atoms with Crippen molar-refractivity contribution in [1.82, 2.24) is 0 Å². The van der Waals surface area contributed by atoms with E-state index in [2.05, 4.69) is 21.5 Å². The summed E-state index contributed by atoms with van der Waals surface area (Å²) in [5.74, 6) is 0. The second-order valence-corrected chi connectivity index (χ2v) is 11.8. The highest BCUT2D eigenvalue weighted by atomic mass is 35.5. The van der Waals surface area contributed by atoms with Crippen molar-refractivity contribution in [2.24, 2.45) is 0 Å². The lowest BCUT2D eigenvalue weighted by atomic mass is 10.2. The van der Waals surface area contributed by atoms with Crippen LogP contribution in [0.1, 0.15) is 46.6 Å². The van der Waals surface area contributed by atoms with E-state index in [1.165, 1.54) is 34.7 Å². The average Bonchev–Trinajstić information content (AvgIpc) is 3.54. The number of anilines is 2. The van der Waals surface area contributed by atoms with E-state index < -0.39 is 5.43 Å². The lowest BCUT2D eigenvalue weighted by molar-refractivity contribution is 0.147. The maximum absolute atomic E-state index is 12.3. The van der Waals surface area contributed by atoms with E-state index in [0.29, 0.717) is 6.61 Å². The lowest BCUT2D eigenvalue weighted by Crippen LogP contribution is -2.31. The zero-order chi connectivity index (χ0) is 28.7. The Kier molecular flexibility index (Phi) is 14.7. The first-order chi connectivity index (χ1) is 20.1. The SMILES string of the molecule is Cl.O=C(Cl)OCc1ccccc1.O=C(OCc1ccccc1)N1CCCCc2sccc21.c1cc2c(s1)CCCCN2. The molecule has 4 aromatic rings. The number of fused-ring (bicyclic) bond motifs is 2. The minimum absolute atomic E-state index is 0. The molecule has 0 atom stereocenters. The molecule has 0 spiro atoms. The van der Waals surface area contributed by atoms with Crippen LogP contribution in [0.25, 0.3) is 0 Å². The van der Waals surface area contributed by atoms with Crippen molar-refractivity contribution < 1.29 is 19.1 Å². The van der Waals surface area contributed by atoms with E-state index >= 15 is 0 Å². The summed E-state index contributed by atoms with van der Waals surface area (Å²) in [6.07, 6.45) is 6.94. The van der Waals surface area contributed by atoms with Crippen molar-refractivity contribution >= 4 is 69.6 Å². The van der Waals surface area contributed by atoms with E-state index in [0.717, 1.165) is 49.2 Å². The summed E-state index contributed by atoms with van der Waals surface area (Å²) < 4.78 is 10.00. The number of aryl methyl sites for hydroxylation is 2. The number of hydrogen-bond donors (Lipinski definition) is 1. The second kappa shape index (κ2) is 18.5. The number of rotatable bonds is 4. The zero-order valence-corrected chi connectivity index (χ0v) is 26.5. The predicted molar refractivity (Wildman–Crippen MR) is 177 cm³/mol. The van der Waals surface area contributed by atoms with Crippen LogP contribution in [0.3, 0.4) is 0 Å². The van der Waals surface area contributed by atoms with Crippen LogP contribution in [0, 0.1) is 0 Å². The Morgan fingerprint density at radius 2 is 1.36 bits per heavy atom. The van der Waals surface area contributed by atoms with E-state index in [1.54, 1.807) is 16.2 Å². The maximum Gasteiger partial charge on any atom is 0.414 e. The van der Waals surface area contributed by atoms with Gasteiger partial charge in [-0.3, -0.25) is 4.90 Å². The molecular formula is C32H36Cl2N2O4S2. The van der Waals surface area contributed by atoms with Gasteiger partial charge in [0.05, 0.1) is 5.69 Å². The summed E-state index contributed by atoms with van der Waals surface area (Å²) in [6.45, 7) is 2.47. The Morgan fingerprint density at radius 1 is 0.762 bits per heavy atom. The van der Waals surface area contributed by atoms with Crippen molar-refractivity contribution in [3.63, 3.8) is 0 Å². The molecule has 1 N–H and O–H groups in total. The Bertz CT molecular complexity index is 1330. The summed E-state index contributed by atoms with van der Waals surface area (Å²) >= 11 is 8.57. The second-order valence-electron chi connectivity index (χ2n) is 9.53. The van der Waals surface area contributed by atoms with Gasteiger partial charge in [-0.2, -0.15) is 0 Å². The van der Waals surface area contributed by atoms with Crippen LogP contribution in [-0.4, -0.2) is 24.6 Å². The Morgan fingerprint density at radius 3 is 2.05 bits per heavy atom. The largest absolute Gasteiger partial charge is 0.449 e. The number of halogens is 2. The van der Waals surface area contributed by atoms with Crippen molar-refractivity contribution in [2.75, 3.05) is 23.3 Å². The predicted octanol–water partition coefficient (Wildman–Crippen LogP) is 9.71. The molecule has 0 unspecified atom stereocenters. The van der Waals surface area contributed by atoms with Crippen molar-refractivity contribution in [1.29, 1.82) is 0 Å². The summed E-state index contributed by atoms with van der Waals surface area (Å²) in [5, 5.41) is 7.63. The van der Waals surface area contributed by atoms with Gasteiger partial charge in [0.1, 0.15) is 13.2 Å². The normalized spacial score (nSPS) is 13.4. The van der Waals surface area contributed by atoms with Gasteiger partial charge in [-0.05, 0) is 72.5 Å². The monoisotopic (exact) mass is 646 g/mol. The van der Waals surface area contributed by atoms with Gasteiger partial charge in [-0.1, -0.05) is 60.7 Å². The quantitative estimate of drug-likeness (QED) is 0.224. The molecule has 10 heteroatoms. The molecule has 2 aliphatic heterocycles. The number of amides is 1. The molecule has 0 saturated heterocycles. The fourth-order valence-corrected chi connectivity index (χ4v) is 6.34. The van der Waals surface area contributed by atoms with Crippen molar-refractivity contribution in [3.8, 4) is 0 Å². The highest BCUT2D eigenvalue weighted by Crippen LogP contribution is 2.31. The van der Waals surface area contributed by atoms with Crippen LogP contribution in [0.4, 0.5) is 21.0 Å². The summed E-state index contributed by atoms with van der Waals surface area (Å²) in [7, 11) is 0. The molecule has 0 aliphatic carbocycles. The van der Waals surface area contributed by atoms with Crippen LogP contribution in [0.15, 0.2) is 83.6 Å². The number of thiophene rings is 2. The first-order valence-electron chi connectivity index (χ1n) is 13.8. The first-order valence-corrected chi connectivity index (χ1v) is 15.9. The first kappa shape index (κ1) is 33.5. The van der Waals surface area contributed by atoms with Gasteiger partial charge >= 0.3 is 11.5 Å². The van der Waals surface area contributed by atoms with Crippen LogP contribution in [0.2, 0.25) is 0 Å². The molecule has 224 valence electrons. The highest BCUT2D eigenvalue weighted by molar-refractivity contribution is 7.10. The lowest BCUT2D eigenvalue weighted by Gasteiger charge is -2.20. The molecule has 6 rings (SSSR count). The van der Waals surface area contributed by atoms with E-state index in [-0.39, 0.29) is 25.1 Å². The molecule has 0 saturated carbocycles. The number of ether oxygens (including phenoxy) is 2. The molecule has 0 radical (unpaired) electrons. The number of nitrogens with zero attached hydrogens (tertiary/aromatic N) is 1. The van der Waals surface area contributed by atoms with E-state index in [9.17, 15) is 9.59 Å². The molecule has 1 amide bonds. The fourth-order valence-electron chi connectivity index (χ4n) is 4.46. The van der Waals surface area contributed by atoms with Gasteiger partial charge in [0.2, 0.25) is 0 Å². The van der Waals surface area contributed by atoms with Gasteiger partial charge < -0.3 is 14.8 Å². The van der Waals surface area contributed by atoms with Crippen molar-refractivity contribution in [3.05, 3.63) is 104 Å². The van der Waals surface area contributed by atoms with Crippen molar-refractivity contribution in [2.45, 2.75) is 51.7 Å². The molecule has 2 aliphatic rings. The van der Waals surface area contributed by atoms with Gasteiger partial charge in [0.15, 0.2) is 0 Å². The van der Waals surface area contributed by atoms with Gasteiger partial charge in [0.25, 0.3) is 0 Å². The summed E-state index contributed by atoms with van der Waals surface area (Å²) in [6, 6.07) is 23.4. The minimum atomic E-state index is -0.770. The van der Waals surface area contributed by atoms with Crippen LogP contribution < -0.4 is 10.2 Å². The molecule has 42 heavy (non-hydrogen) atoms. The topological polar surface area (TPSA) is 67.9 Å². The number of carbonyl (C=O) groups excluding carboxylic acids is 2. The third-order valence-corrected chi connectivity index (χ3v) is 8.62. The zero-order valence-electron chi connectivity index (χ0n) is 23.3. The third kappa shape index (κ3) is 11.0. The Labute approximate surface area is 267 Å². The smallest absolute Gasteiger partial charge is 0.414 e. The van der Waals surface area contributed by atoms with Gasteiger partial charge in [-0.25, -0.2) is 9.59 Å². The van der Waals surface area contributed by atoms with Crippen LogP contribution >= 0.6 is 46.7 Å². The minimum Gasteiger partial charge on any atom is -0.449 e. The third-order valence-electron chi connectivity index (χ3n) is 6.56. The van der Waals surface area contributed by atoms with E-state index in [1.807, 2.05) is 83.4 Å². The molecule has 6 nitrogen and oxygen atoms in total. The fraction of sp³-hybridized carbons (Fsp3) is 0.312. The Hall–Kier alpha value is -3.04. The van der Waals surface area contributed by atoms with Crippen LogP contribution in [0.5, 0.6) is 0 Å². The number of hydrogen-bond acceptors (Lipinski definition) is 7. The molecule has 2 aromatic carbocycles. The number of benzene rings is 2. The number of carbonyl (C=O) groups is 2. The van der Waals surface area contributed by atoms with Gasteiger partial charge in [0, 0.05) is 40.1 Å². The number of nitrogens with one attached hydrogen (secondary N) is 1. The molecular weight excluding hydrogens is 611 g/mol. The Balaban J connectivity index is 0.000000187. The van der Waals surface area contributed by atoms with Crippen LogP contribution in [-0.2, 0) is 35.5 Å². The standard InChI is InChI=1S/C16H17NO2S.C8H7ClO2.C8H11NS.ClH/c18-16(19-12-13-6-2-1-3-7-13)17-10-5-4-8-15-14(17)9-11-20-15;9-8(10)11-6-7-4-2-1-3-5-7;1-2-5-9-7-4-6-10-8(7)3-1;/h1-3,6-7,9,11H,4-5,8,10,12H2;1-5H,6H2;4,6,9H,1-3,5H2;1H. The van der Waals surface area contributed by atoms with E-state index in [4.69, 9.17) is 16.3 Å². The molecule has 4 heterocycles. The maximum atomic E-state index is 12.3.